The van der Waals surface area contributed by atoms with Gasteiger partial charge < -0.3 is 10.1 Å². The second-order valence-corrected chi connectivity index (χ2v) is 5.42. The molecule has 1 heterocycles. The first-order chi connectivity index (χ1) is 5.90. The van der Waals surface area contributed by atoms with Gasteiger partial charge in [0.2, 0.25) is 0 Å². The summed E-state index contributed by atoms with van der Waals surface area (Å²) in [5, 5.41) is 16.5. The molecule has 0 amide bonds. The summed E-state index contributed by atoms with van der Waals surface area (Å²) in [6, 6.07) is 0. The summed E-state index contributed by atoms with van der Waals surface area (Å²) in [6.45, 7) is 5.98. The largest absolute Gasteiger partial charge is 0.358 e. The number of H-pyrrole nitrogens is 1. The summed E-state index contributed by atoms with van der Waals surface area (Å²) >= 11 is 1.43. The number of nitrogens with one attached hydrogen (secondary N) is 1. The zero-order valence-corrected chi connectivity index (χ0v) is 8.51. The highest BCUT2D eigenvalue weighted by Crippen LogP contribution is 2.35. The first-order valence-corrected chi connectivity index (χ1v) is 4.58. The third-order valence-electron chi connectivity index (χ3n) is 1.18. The second kappa shape index (κ2) is 3.37. The van der Waals surface area contributed by atoms with Crippen LogP contribution in [-0.4, -0.2) is 19.9 Å². The van der Waals surface area contributed by atoms with E-state index in [1.165, 1.54) is 18.0 Å². The van der Waals surface area contributed by atoms with Crippen molar-refractivity contribution in [3.8, 4) is 0 Å². The van der Waals surface area contributed by atoms with E-state index in [1.54, 1.807) is 0 Å². The highest BCUT2D eigenvalue weighted by molar-refractivity contribution is 8.00. The van der Waals surface area contributed by atoms with E-state index in [4.69, 9.17) is 0 Å². The lowest BCUT2D eigenvalue weighted by Crippen LogP contribution is -2.06. The molecule has 0 atom stereocenters. The van der Waals surface area contributed by atoms with Crippen molar-refractivity contribution in [2.45, 2.75) is 30.4 Å². The van der Waals surface area contributed by atoms with Crippen molar-refractivity contribution in [2.24, 2.45) is 0 Å². The fourth-order valence-corrected chi connectivity index (χ4v) is 1.79. The Balaban J connectivity index is 2.89. The molecule has 0 saturated heterocycles. The number of nitro groups is 1. The lowest BCUT2D eigenvalue weighted by atomic mass is 10.3. The molecule has 0 radical (unpaired) electrons. The normalized spacial score (nSPS) is 11.6. The van der Waals surface area contributed by atoms with Gasteiger partial charge in [-0.2, -0.15) is 0 Å². The van der Waals surface area contributed by atoms with Gasteiger partial charge in [0.15, 0.2) is 0 Å². The van der Waals surface area contributed by atoms with Crippen LogP contribution in [0.25, 0.3) is 0 Å². The van der Waals surface area contributed by atoms with Crippen LogP contribution in [0.4, 0.5) is 5.82 Å². The Hall–Kier alpha value is -1.04. The van der Waals surface area contributed by atoms with Crippen LogP contribution in [0.1, 0.15) is 20.8 Å². The molecule has 6 heteroatoms. The number of hydrogen-bond donors (Lipinski definition) is 1. The van der Waals surface area contributed by atoms with E-state index in [2.05, 4.69) is 10.2 Å². The molecule has 1 aromatic rings. The predicted octanol–water partition coefficient (Wildman–Crippen LogP) is 2.21. The Morgan fingerprint density at radius 3 is 2.69 bits per heavy atom. The van der Waals surface area contributed by atoms with Crippen molar-refractivity contribution >= 4 is 17.6 Å². The minimum Gasteiger partial charge on any atom is -0.358 e. The van der Waals surface area contributed by atoms with Gasteiger partial charge in [0, 0.05) is 4.75 Å². The molecule has 0 aliphatic carbocycles. The Kier molecular flexibility index (Phi) is 2.60. The molecule has 72 valence electrons. The molecular formula is C7H11N3O2S. The summed E-state index contributed by atoms with van der Waals surface area (Å²) in [6.07, 6.45) is 1.48. The third-order valence-corrected chi connectivity index (χ3v) is 2.32. The molecule has 1 rings (SSSR count). The summed E-state index contributed by atoms with van der Waals surface area (Å²) < 4.78 is -0.0470. The van der Waals surface area contributed by atoms with Crippen molar-refractivity contribution < 1.29 is 4.92 Å². The number of rotatable bonds is 2. The van der Waals surface area contributed by atoms with Gasteiger partial charge in [-0.25, -0.2) is 0 Å². The maximum Gasteiger partial charge on any atom is 0.356 e. The van der Waals surface area contributed by atoms with Gasteiger partial charge in [-0.1, -0.05) is 25.9 Å². The quantitative estimate of drug-likeness (QED) is 0.452. The summed E-state index contributed by atoms with van der Waals surface area (Å²) in [5.41, 5.74) is 0. The fraction of sp³-hybridized carbons (Fsp3) is 0.571. The maximum absolute atomic E-state index is 10.5. The van der Waals surface area contributed by atoms with Crippen LogP contribution in [0, 0.1) is 10.1 Å². The molecule has 0 aromatic carbocycles. The second-order valence-electron chi connectivity index (χ2n) is 3.55. The zero-order chi connectivity index (χ0) is 10.1. The van der Waals surface area contributed by atoms with E-state index in [0.29, 0.717) is 4.90 Å². The van der Waals surface area contributed by atoms with Crippen molar-refractivity contribution in [3.05, 3.63) is 16.3 Å². The lowest BCUT2D eigenvalue weighted by molar-refractivity contribution is -0.392. The molecule has 0 unspecified atom stereocenters. The van der Waals surface area contributed by atoms with Gasteiger partial charge in [-0.05, 0) is 4.92 Å². The van der Waals surface area contributed by atoms with Crippen LogP contribution >= 0.6 is 11.8 Å². The molecule has 0 bridgehead atoms. The lowest BCUT2D eigenvalue weighted by Gasteiger charge is -2.15. The van der Waals surface area contributed by atoms with E-state index in [1.807, 2.05) is 20.8 Å². The number of hydrogen-bond acceptors (Lipinski definition) is 4. The van der Waals surface area contributed by atoms with Crippen LogP contribution < -0.4 is 0 Å². The standard InChI is InChI=1S/C7H11N3O2S/c1-7(2,3)13-5-4-8-9-6(5)10(11)12/h4H,1-3H3,(H,8,9). The van der Waals surface area contributed by atoms with Crippen molar-refractivity contribution in [2.75, 3.05) is 0 Å². The van der Waals surface area contributed by atoms with Gasteiger partial charge in [0.05, 0.1) is 6.20 Å². The van der Waals surface area contributed by atoms with Crippen LogP contribution in [0.2, 0.25) is 0 Å². The summed E-state index contributed by atoms with van der Waals surface area (Å²) in [7, 11) is 0. The van der Waals surface area contributed by atoms with Crippen molar-refractivity contribution in [1.82, 2.24) is 10.2 Å². The van der Waals surface area contributed by atoms with E-state index < -0.39 is 4.92 Å². The monoisotopic (exact) mass is 201 g/mol. The minimum absolute atomic E-state index is 0.0278. The molecule has 1 aromatic heterocycles. The molecule has 13 heavy (non-hydrogen) atoms. The minimum atomic E-state index is -0.457. The summed E-state index contributed by atoms with van der Waals surface area (Å²) in [4.78, 5) is 10.6. The molecule has 1 N–H and O–H groups in total. The Morgan fingerprint density at radius 2 is 2.23 bits per heavy atom. The third kappa shape index (κ3) is 2.73. The Labute approximate surface area is 80.1 Å². The Bertz CT molecular complexity index is 316. The van der Waals surface area contributed by atoms with E-state index in [9.17, 15) is 10.1 Å². The maximum atomic E-state index is 10.5. The van der Waals surface area contributed by atoms with Crippen LogP contribution in [0.3, 0.4) is 0 Å². The predicted molar refractivity (Wildman–Crippen MR) is 50.9 cm³/mol. The SMILES string of the molecule is CC(C)(C)Sc1cn[nH]c1[N+](=O)[O-]. The topological polar surface area (TPSA) is 71.8 Å². The van der Waals surface area contributed by atoms with E-state index in [0.717, 1.165) is 0 Å². The molecular weight excluding hydrogens is 190 g/mol. The van der Waals surface area contributed by atoms with Crippen molar-refractivity contribution in [3.63, 3.8) is 0 Å². The van der Waals surface area contributed by atoms with Gasteiger partial charge >= 0.3 is 5.82 Å². The molecule has 5 nitrogen and oxygen atoms in total. The highest BCUT2D eigenvalue weighted by Gasteiger charge is 2.21. The summed E-state index contributed by atoms with van der Waals surface area (Å²) in [5.74, 6) is -0.0278. The fourth-order valence-electron chi connectivity index (χ4n) is 0.804. The number of aromatic nitrogens is 2. The first-order valence-electron chi connectivity index (χ1n) is 3.77. The van der Waals surface area contributed by atoms with Crippen LogP contribution in [0.15, 0.2) is 11.1 Å². The van der Waals surface area contributed by atoms with Crippen molar-refractivity contribution in [1.29, 1.82) is 0 Å². The van der Waals surface area contributed by atoms with Gasteiger partial charge in [0.1, 0.15) is 4.90 Å². The zero-order valence-electron chi connectivity index (χ0n) is 7.70. The average Bonchev–Trinajstić information content (AvgIpc) is 2.31. The molecule has 0 aliphatic rings. The number of aromatic amines is 1. The van der Waals surface area contributed by atoms with Crippen LogP contribution in [-0.2, 0) is 0 Å². The molecule has 0 fully saturated rings. The smallest absolute Gasteiger partial charge is 0.356 e. The van der Waals surface area contributed by atoms with Crippen LogP contribution in [0.5, 0.6) is 0 Å². The van der Waals surface area contributed by atoms with Gasteiger partial charge in [-0.3, -0.25) is 0 Å². The van der Waals surface area contributed by atoms with E-state index in [-0.39, 0.29) is 10.6 Å². The molecule has 0 spiro atoms. The highest BCUT2D eigenvalue weighted by atomic mass is 32.2. The average molecular weight is 201 g/mol. The molecule has 0 aliphatic heterocycles. The van der Waals surface area contributed by atoms with E-state index >= 15 is 0 Å². The molecule has 0 saturated carbocycles. The first kappa shape index (κ1) is 10.0. The van der Waals surface area contributed by atoms with Gasteiger partial charge in [-0.15, -0.1) is 16.9 Å². The number of thioether (sulfide) groups is 1. The number of nitrogens with zero attached hydrogens (tertiary/aromatic N) is 2. The Morgan fingerprint density at radius 1 is 1.62 bits per heavy atom. The van der Waals surface area contributed by atoms with Gasteiger partial charge in [0.25, 0.3) is 0 Å².